The minimum Gasteiger partial charge on any atom is -0.343 e. The van der Waals surface area contributed by atoms with Gasteiger partial charge in [0.05, 0.1) is 5.54 Å². The third-order valence-corrected chi connectivity index (χ3v) is 3.44. The van der Waals surface area contributed by atoms with Crippen LogP contribution in [0.25, 0.3) is 0 Å². The zero-order valence-corrected chi connectivity index (χ0v) is 12.1. The maximum absolute atomic E-state index is 12.3. The van der Waals surface area contributed by atoms with Gasteiger partial charge in [-0.2, -0.15) is 0 Å². The monoisotopic (exact) mass is 275 g/mol. The van der Waals surface area contributed by atoms with Crippen LogP contribution in [0.5, 0.6) is 0 Å². The number of rotatable bonds is 3. The lowest BCUT2D eigenvalue weighted by atomic mass is 10.1. The Morgan fingerprint density at radius 2 is 1.95 bits per heavy atom. The zero-order chi connectivity index (χ0) is 14.9. The highest BCUT2D eigenvalue weighted by Gasteiger charge is 2.35. The molecule has 0 aromatic heterocycles. The average molecular weight is 275 g/mol. The summed E-state index contributed by atoms with van der Waals surface area (Å²) >= 11 is 0. The SMILES string of the molecule is Cc1ccc(N2CCC(NC(=O)C(C)(C)N)C2=O)cc1. The Morgan fingerprint density at radius 1 is 1.35 bits per heavy atom. The Kier molecular flexibility index (Phi) is 3.81. The van der Waals surface area contributed by atoms with E-state index in [1.807, 2.05) is 31.2 Å². The molecule has 108 valence electrons. The van der Waals surface area contributed by atoms with Gasteiger partial charge >= 0.3 is 0 Å². The van der Waals surface area contributed by atoms with Crippen LogP contribution in [-0.4, -0.2) is 29.9 Å². The summed E-state index contributed by atoms with van der Waals surface area (Å²) in [6.45, 7) is 5.86. The van der Waals surface area contributed by atoms with Gasteiger partial charge < -0.3 is 16.0 Å². The van der Waals surface area contributed by atoms with E-state index in [4.69, 9.17) is 5.73 Å². The van der Waals surface area contributed by atoms with E-state index < -0.39 is 11.6 Å². The molecule has 1 saturated heterocycles. The van der Waals surface area contributed by atoms with Crippen molar-refractivity contribution in [2.45, 2.75) is 38.8 Å². The van der Waals surface area contributed by atoms with Gasteiger partial charge in [-0.15, -0.1) is 0 Å². The number of nitrogens with one attached hydrogen (secondary N) is 1. The summed E-state index contributed by atoms with van der Waals surface area (Å²) in [7, 11) is 0. The molecule has 1 aliphatic rings. The Hall–Kier alpha value is -1.88. The fourth-order valence-electron chi connectivity index (χ4n) is 2.14. The number of aryl methyl sites for hydroxylation is 1. The topological polar surface area (TPSA) is 75.4 Å². The van der Waals surface area contributed by atoms with Crippen LogP contribution in [0.2, 0.25) is 0 Å². The molecule has 3 N–H and O–H groups in total. The molecule has 0 radical (unpaired) electrons. The predicted molar refractivity (Wildman–Crippen MR) is 78.3 cm³/mol. The van der Waals surface area contributed by atoms with Gasteiger partial charge in [0.15, 0.2) is 0 Å². The van der Waals surface area contributed by atoms with Crippen molar-refractivity contribution < 1.29 is 9.59 Å². The fourth-order valence-corrected chi connectivity index (χ4v) is 2.14. The highest BCUT2D eigenvalue weighted by Crippen LogP contribution is 2.22. The smallest absolute Gasteiger partial charge is 0.249 e. The molecule has 1 heterocycles. The molecule has 1 unspecified atom stereocenters. The highest BCUT2D eigenvalue weighted by atomic mass is 16.2. The molecule has 0 saturated carbocycles. The largest absolute Gasteiger partial charge is 0.343 e. The van der Waals surface area contributed by atoms with Gasteiger partial charge in [-0.05, 0) is 39.3 Å². The Labute approximate surface area is 119 Å². The molecule has 1 aliphatic heterocycles. The van der Waals surface area contributed by atoms with Gasteiger partial charge in [0.2, 0.25) is 11.8 Å². The predicted octanol–water partition coefficient (Wildman–Crippen LogP) is 0.954. The number of benzene rings is 1. The molecule has 0 bridgehead atoms. The third kappa shape index (κ3) is 2.99. The first-order valence-electron chi connectivity index (χ1n) is 6.77. The van der Waals surface area contributed by atoms with Crippen LogP contribution in [0.1, 0.15) is 25.8 Å². The summed E-state index contributed by atoms with van der Waals surface area (Å²) in [5.74, 6) is -0.381. The second-order valence-corrected chi connectivity index (χ2v) is 5.86. The lowest BCUT2D eigenvalue weighted by molar-refractivity contribution is -0.129. The molecule has 2 rings (SSSR count). The number of hydrogen-bond acceptors (Lipinski definition) is 3. The van der Waals surface area contributed by atoms with E-state index >= 15 is 0 Å². The van der Waals surface area contributed by atoms with Crippen LogP contribution >= 0.6 is 0 Å². The quantitative estimate of drug-likeness (QED) is 0.862. The Bertz CT molecular complexity index is 517. The van der Waals surface area contributed by atoms with E-state index in [0.717, 1.165) is 11.3 Å². The van der Waals surface area contributed by atoms with Crippen molar-refractivity contribution in [2.75, 3.05) is 11.4 Å². The number of carbonyl (C=O) groups excluding carboxylic acids is 2. The van der Waals surface area contributed by atoms with E-state index in [9.17, 15) is 9.59 Å². The van der Waals surface area contributed by atoms with E-state index in [1.165, 1.54) is 0 Å². The van der Waals surface area contributed by atoms with E-state index in [2.05, 4.69) is 5.32 Å². The van der Waals surface area contributed by atoms with Crippen molar-refractivity contribution in [2.24, 2.45) is 5.73 Å². The number of amides is 2. The summed E-state index contributed by atoms with van der Waals surface area (Å²) in [6, 6.07) is 7.30. The number of hydrogen-bond donors (Lipinski definition) is 2. The lowest BCUT2D eigenvalue weighted by Crippen LogP contribution is -2.53. The number of nitrogens with two attached hydrogens (primary N) is 1. The molecule has 1 aromatic carbocycles. The number of anilines is 1. The standard InChI is InChI=1S/C15H21N3O2/c1-10-4-6-11(7-5-10)18-9-8-12(13(18)19)17-14(20)15(2,3)16/h4-7,12H,8-9,16H2,1-3H3,(H,17,20). The van der Waals surface area contributed by atoms with Gasteiger partial charge in [-0.3, -0.25) is 9.59 Å². The Balaban J connectivity index is 2.06. The normalized spacial score (nSPS) is 19.3. The minimum atomic E-state index is -0.975. The summed E-state index contributed by atoms with van der Waals surface area (Å²) < 4.78 is 0. The zero-order valence-electron chi connectivity index (χ0n) is 12.1. The van der Waals surface area contributed by atoms with Gasteiger partial charge in [0, 0.05) is 12.2 Å². The first kappa shape index (κ1) is 14.5. The van der Waals surface area contributed by atoms with Crippen molar-refractivity contribution in [1.82, 2.24) is 5.32 Å². The molecular weight excluding hydrogens is 254 g/mol. The molecule has 5 heteroatoms. The molecule has 0 aliphatic carbocycles. The van der Waals surface area contributed by atoms with Gasteiger partial charge in [0.25, 0.3) is 0 Å². The van der Waals surface area contributed by atoms with E-state index in [1.54, 1.807) is 18.7 Å². The first-order valence-corrected chi connectivity index (χ1v) is 6.77. The summed E-state index contributed by atoms with van der Waals surface area (Å²) in [4.78, 5) is 25.9. The highest BCUT2D eigenvalue weighted by molar-refractivity contribution is 6.02. The van der Waals surface area contributed by atoms with Crippen LogP contribution in [-0.2, 0) is 9.59 Å². The second kappa shape index (κ2) is 5.25. The average Bonchev–Trinajstić information content (AvgIpc) is 2.71. The van der Waals surface area contributed by atoms with E-state index in [0.29, 0.717) is 13.0 Å². The van der Waals surface area contributed by atoms with Crippen molar-refractivity contribution in [3.8, 4) is 0 Å². The number of carbonyl (C=O) groups is 2. The fraction of sp³-hybridized carbons (Fsp3) is 0.467. The van der Waals surface area contributed by atoms with Crippen molar-refractivity contribution in [3.63, 3.8) is 0 Å². The Morgan fingerprint density at radius 3 is 2.50 bits per heavy atom. The van der Waals surface area contributed by atoms with Crippen molar-refractivity contribution in [3.05, 3.63) is 29.8 Å². The maximum atomic E-state index is 12.3. The molecule has 1 fully saturated rings. The number of nitrogens with zero attached hydrogens (tertiary/aromatic N) is 1. The lowest BCUT2D eigenvalue weighted by Gasteiger charge is -2.21. The summed E-state index contributed by atoms with van der Waals surface area (Å²) in [6.07, 6.45) is 0.606. The summed E-state index contributed by atoms with van der Waals surface area (Å²) in [5.41, 5.74) is 6.77. The van der Waals surface area contributed by atoms with Crippen LogP contribution in [0.3, 0.4) is 0 Å². The van der Waals surface area contributed by atoms with Gasteiger partial charge in [-0.25, -0.2) is 0 Å². The second-order valence-electron chi connectivity index (χ2n) is 5.86. The van der Waals surface area contributed by atoms with Crippen LogP contribution in [0.15, 0.2) is 24.3 Å². The molecular formula is C15H21N3O2. The molecule has 5 nitrogen and oxygen atoms in total. The summed E-state index contributed by atoms with van der Waals surface area (Å²) in [5, 5.41) is 2.72. The van der Waals surface area contributed by atoms with Crippen LogP contribution in [0, 0.1) is 6.92 Å². The van der Waals surface area contributed by atoms with Gasteiger partial charge in [-0.1, -0.05) is 17.7 Å². The molecule has 0 spiro atoms. The van der Waals surface area contributed by atoms with Crippen molar-refractivity contribution in [1.29, 1.82) is 0 Å². The maximum Gasteiger partial charge on any atom is 0.249 e. The molecule has 20 heavy (non-hydrogen) atoms. The van der Waals surface area contributed by atoms with E-state index in [-0.39, 0.29) is 11.8 Å². The first-order chi connectivity index (χ1) is 9.29. The van der Waals surface area contributed by atoms with Crippen molar-refractivity contribution >= 4 is 17.5 Å². The van der Waals surface area contributed by atoms with Crippen LogP contribution < -0.4 is 16.0 Å². The molecule has 1 aromatic rings. The van der Waals surface area contributed by atoms with Gasteiger partial charge in [0.1, 0.15) is 6.04 Å². The third-order valence-electron chi connectivity index (χ3n) is 3.44. The minimum absolute atomic E-state index is 0.0774. The molecule has 2 amide bonds. The molecule has 1 atom stereocenters. The van der Waals surface area contributed by atoms with Crippen LogP contribution in [0.4, 0.5) is 5.69 Å².